The Morgan fingerprint density at radius 3 is 2.00 bits per heavy atom. The number of nitrogens with two attached hydrogens (primary N) is 1. The van der Waals surface area contributed by atoms with Gasteiger partial charge in [-0.15, -0.1) is 0 Å². The standard InChI is InChI=1S/C2H8NO4P.Fe/c1-2(3)7-8(4,5)6;/h2H,3H2,1H3,(H2,4,5,6);. The van der Waals surface area contributed by atoms with Crippen LogP contribution in [-0.4, -0.2) is 16.0 Å². The Morgan fingerprint density at radius 1 is 1.67 bits per heavy atom. The van der Waals surface area contributed by atoms with Gasteiger partial charge in [0, 0.05) is 17.1 Å². The SMILES string of the molecule is CC(N)OP(=O)(O)O.[Fe]. The van der Waals surface area contributed by atoms with Crippen LogP contribution in [0.1, 0.15) is 6.92 Å². The van der Waals surface area contributed by atoms with E-state index < -0.39 is 14.1 Å². The van der Waals surface area contributed by atoms with Gasteiger partial charge in [-0.05, 0) is 6.92 Å². The fraction of sp³-hybridized carbons (Fsp3) is 1.00. The smallest absolute Gasteiger partial charge is 0.306 e. The monoisotopic (exact) mass is 197 g/mol. The molecule has 0 aromatic rings. The molecule has 5 nitrogen and oxygen atoms in total. The van der Waals surface area contributed by atoms with Crippen LogP contribution >= 0.6 is 7.82 Å². The molecule has 9 heavy (non-hydrogen) atoms. The third kappa shape index (κ3) is 11.9. The maximum absolute atomic E-state index is 9.83. The van der Waals surface area contributed by atoms with Crippen LogP contribution in [0.4, 0.5) is 0 Å². The van der Waals surface area contributed by atoms with E-state index in [-0.39, 0.29) is 17.1 Å². The molecule has 1 atom stereocenters. The Balaban J connectivity index is 0. The van der Waals surface area contributed by atoms with Crippen molar-refractivity contribution in [2.75, 3.05) is 0 Å². The third-order valence-electron chi connectivity index (χ3n) is 0.304. The minimum Gasteiger partial charge on any atom is -0.306 e. The molecule has 0 aliphatic carbocycles. The van der Waals surface area contributed by atoms with Crippen LogP contribution in [0.5, 0.6) is 0 Å². The minimum absolute atomic E-state index is 0. The van der Waals surface area contributed by atoms with E-state index in [1.165, 1.54) is 6.92 Å². The van der Waals surface area contributed by atoms with Crippen molar-refractivity contribution in [2.45, 2.75) is 13.2 Å². The van der Waals surface area contributed by atoms with Crippen molar-refractivity contribution in [2.24, 2.45) is 5.73 Å². The molecule has 0 rings (SSSR count). The maximum atomic E-state index is 9.83. The van der Waals surface area contributed by atoms with E-state index in [2.05, 4.69) is 4.52 Å². The van der Waals surface area contributed by atoms with Gasteiger partial charge in [0.25, 0.3) is 0 Å². The van der Waals surface area contributed by atoms with Crippen LogP contribution < -0.4 is 5.73 Å². The summed E-state index contributed by atoms with van der Waals surface area (Å²) in [6.07, 6.45) is -0.921. The van der Waals surface area contributed by atoms with Gasteiger partial charge >= 0.3 is 7.82 Å². The summed E-state index contributed by atoms with van der Waals surface area (Å²) in [5.74, 6) is 0. The molecule has 0 aliphatic rings. The number of phosphoric acid groups is 1. The van der Waals surface area contributed by atoms with E-state index in [1.54, 1.807) is 0 Å². The number of phosphoric ester groups is 1. The first-order chi connectivity index (χ1) is 3.42. The molecule has 0 amide bonds. The predicted octanol–water partition coefficient (Wildman–Crippen LogP) is -0.602. The second kappa shape index (κ2) is 4.41. The van der Waals surface area contributed by atoms with Crippen molar-refractivity contribution >= 4 is 7.82 Å². The molecule has 0 fully saturated rings. The van der Waals surface area contributed by atoms with Gasteiger partial charge in [-0.2, -0.15) is 0 Å². The summed E-state index contributed by atoms with van der Waals surface area (Å²) >= 11 is 0. The minimum atomic E-state index is -4.35. The normalized spacial score (nSPS) is 14.2. The molecular weight excluding hydrogens is 189 g/mol. The van der Waals surface area contributed by atoms with Crippen molar-refractivity contribution in [1.29, 1.82) is 0 Å². The molecule has 0 bridgehead atoms. The second-order valence-corrected chi connectivity index (χ2v) is 2.49. The van der Waals surface area contributed by atoms with Crippen LogP contribution in [0.2, 0.25) is 0 Å². The molecule has 1 unspecified atom stereocenters. The molecule has 4 N–H and O–H groups in total. The second-order valence-electron chi connectivity index (χ2n) is 1.30. The summed E-state index contributed by atoms with van der Waals surface area (Å²) in [5.41, 5.74) is 4.86. The van der Waals surface area contributed by atoms with Crippen molar-refractivity contribution < 1.29 is 35.9 Å². The molecule has 0 aromatic carbocycles. The Kier molecular flexibility index (Phi) is 6.02. The van der Waals surface area contributed by atoms with Gasteiger partial charge in [0.15, 0.2) is 0 Å². The van der Waals surface area contributed by atoms with Crippen molar-refractivity contribution in [3.63, 3.8) is 0 Å². The van der Waals surface area contributed by atoms with Crippen LogP contribution in [0.3, 0.4) is 0 Å². The van der Waals surface area contributed by atoms with Gasteiger partial charge in [0.05, 0.1) is 0 Å². The topological polar surface area (TPSA) is 92.8 Å². The Labute approximate surface area is 63.3 Å². The first kappa shape index (κ1) is 12.3. The van der Waals surface area contributed by atoms with Crippen LogP contribution in [0.25, 0.3) is 0 Å². The van der Waals surface area contributed by atoms with Gasteiger partial charge in [0.2, 0.25) is 0 Å². The summed E-state index contributed by atoms with van der Waals surface area (Å²) in [6, 6.07) is 0. The van der Waals surface area contributed by atoms with Gasteiger partial charge < -0.3 is 15.5 Å². The fourth-order valence-corrected chi connectivity index (χ4v) is 0.650. The van der Waals surface area contributed by atoms with Gasteiger partial charge in [0.1, 0.15) is 6.23 Å². The fourth-order valence-electron chi connectivity index (χ4n) is 0.217. The Hall–Kier alpha value is 0.589. The predicted molar refractivity (Wildman–Crippen MR) is 26.8 cm³/mol. The van der Waals surface area contributed by atoms with E-state index >= 15 is 0 Å². The summed E-state index contributed by atoms with van der Waals surface area (Å²) in [5, 5.41) is 0. The maximum Gasteiger partial charge on any atom is 0.471 e. The molecule has 0 saturated carbocycles. The van der Waals surface area contributed by atoms with E-state index in [0.717, 1.165) is 0 Å². The molecule has 7 heteroatoms. The quantitative estimate of drug-likeness (QED) is 0.312. The zero-order valence-corrected chi connectivity index (χ0v) is 6.67. The summed E-state index contributed by atoms with van der Waals surface area (Å²) < 4.78 is 13.7. The van der Waals surface area contributed by atoms with Crippen molar-refractivity contribution in [3.05, 3.63) is 0 Å². The van der Waals surface area contributed by atoms with Crippen molar-refractivity contribution in [3.8, 4) is 0 Å². The summed E-state index contributed by atoms with van der Waals surface area (Å²) in [6.45, 7) is 1.33. The van der Waals surface area contributed by atoms with Crippen molar-refractivity contribution in [1.82, 2.24) is 0 Å². The van der Waals surface area contributed by atoms with E-state index in [0.29, 0.717) is 0 Å². The van der Waals surface area contributed by atoms with E-state index in [1.807, 2.05) is 0 Å². The van der Waals surface area contributed by atoms with Gasteiger partial charge in [-0.25, -0.2) is 4.57 Å². The molecule has 58 valence electrons. The molecule has 0 spiro atoms. The molecule has 0 radical (unpaired) electrons. The van der Waals surface area contributed by atoms with Gasteiger partial charge in [-0.1, -0.05) is 0 Å². The molecule has 0 saturated heterocycles. The Morgan fingerprint density at radius 2 is 2.00 bits per heavy atom. The van der Waals surface area contributed by atoms with Crippen LogP contribution in [-0.2, 0) is 26.2 Å². The molecule has 0 aromatic heterocycles. The largest absolute Gasteiger partial charge is 0.471 e. The molecular formula is C2H8FeNO4P. The summed E-state index contributed by atoms with van der Waals surface area (Å²) in [4.78, 5) is 16.0. The van der Waals surface area contributed by atoms with Crippen LogP contribution in [0, 0.1) is 0 Å². The third-order valence-corrected chi connectivity index (χ3v) is 0.911. The average Bonchev–Trinajstić information content (AvgIpc) is 1.21. The average molecular weight is 197 g/mol. The number of rotatable bonds is 2. The zero-order valence-electron chi connectivity index (χ0n) is 4.67. The number of hydrogen-bond acceptors (Lipinski definition) is 3. The summed E-state index contributed by atoms with van der Waals surface area (Å²) in [7, 11) is -4.35. The molecule has 0 heterocycles. The van der Waals surface area contributed by atoms with E-state index in [4.69, 9.17) is 15.5 Å². The first-order valence-electron chi connectivity index (χ1n) is 1.91. The first-order valence-corrected chi connectivity index (χ1v) is 3.44. The number of hydrogen-bond donors (Lipinski definition) is 3. The zero-order chi connectivity index (χ0) is 6.78. The molecule has 0 aliphatic heterocycles. The van der Waals surface area contributed by atoms with E-state index in [9.17, 15) is 4.57 Å². The van der Waals surface area contributed by atoms with Gasteiger partial charge in [-0.3, -0.25) is 4.52 Å². The van der Waals surface area contributed by atoms with Crippen LogP contribution in [0.15, 0.2) is 0 Å². The Bertz CT molecular complexity index is 111.